The van der Waals surface area contributed by atoms with Crippen LogP contribution in [0.25, 0.3) is 0 Å². The van der Waals surface area contributed by atoms with Gasteiger partial charge in [-0.25, -0.2) is 8.78 Å². The van der Waals surface area contributed by atoms with Crippen LogP contribution in [0.5, 0.6) is 5.75 Å². The number of alkyl halides is 3. The second kappa shape index (κ2) is 10.1. The lowest BCUT2D eigenvalue weighted by molar-refractivity contribution is -0.272. The molecule has 3 N–H and O–H groups in total. The van der Waals surface area contributed by atoms with Crippen molar-refractivity contribution in [1.82, 2.24) is 4.98 Å². The van der Waals surface area contributed by atoms with Gasteiger partial charge in [-0.3, -0.25) is 9.78 Å². The summed E-state index contributed by atoms with van der Waals surface area (Å²) in [6.45, 7) is 3.45. The topological polar surface area (TPSA) is 95.7 Å². The van der Waals surface area contributed by atoms with Crippen LogP contribution >= 0.6 is 0 Å². The number of anilines is 1. The molecule has 0 saturated carbocycles. The van der Waals surface area contributed by atoms with E-state index in [1.54, 1.807) is 6.92 Å². The first-order valence-electron chi connectivity index (χ1n) is 11.1. The SMILES string of the molecule is COC[C@](C)(N)c1cc(NC(=O)[C@@H]2O[C@@](C)(C(F)(F)F)[C@@H](C)[C@H]2c2ccc(F)c(F)c2OC)c(F)cn1. The molecule has 0 spiro atoms. The third kappa shape index (κ3) is 5.12. The van der Waals surface area contributed by atoms with E-state index in [2.05, 4.69) is 10.3 Å². The molecule has 0 radical (unpaired) electrons. The third-order valence-corrected chi connectivity index (χ3v) is 6.71. The van der Waals surface area contributed by atoms with E-state index < -0.39 is 70.1 Å². The molecule has 0 aliphatic carbocycles. The number of nitrogens with zero attached hydrogens (tertiary/aromatic N) is 1. The number of carbonyl (C=O) groups is 1. The predicted octanol–water partition coefficient (Wildman–Crippen LogP) is 4.41. The van der Waals surface area contributed by atoms with E-state index in [1.165, 1.54) is 14.0 Å². The number of aromatic nitrogens is 1. The number of carbonyl (C=O) groups excluding carboxylic acids is 1. The minimum atomic E-state index is -4.94. The first-order valence-corrected chi connectivity index (χ1v) is 11.1. The third-order valence-electron chi connectivity index (χ3n) is 6.71. The molecule has 13 heteroatoms. The van der Waals surface area contributed by atoms with Gasteiger partial charge >= 0.3 is 6.18 Å². The minimum Gasteiger partial charge on any atom is -0.493 e. The lowest BCUT2D eigenvalue weighted by atomic mass is 9.77. The van der Waals surface area contributed by atoms with E-state index in [4.69, 9.17) is 19.9 Å². The van der Waals surface area contributed by atoms with Crippen molar-refractivity contribution < 1.29 is 45.3 Å². The Bertz CT molecular complexity index is 1180. The molecule has 5 atom stereocenters. The second-order valence-corrected chi connectivity index (χ2v) is 9.33. The lowest BCUT2D eigenvalue weighted by Gasteiger charge is -2.32. The van der Waals surface area contributed by atoms with Crippen molar-refractivity contribution in [3.63, 3.8) is 0 Å². The van der Waals surface area contributed by atoms with Crippen LogP contribution in [0.1, 0.15) is 37.9 Å². The average Bonchev–Trinajstić information content (AvgIpc) is 3.08. The summed E-state index contributed by atoms with van der Waals surface area (Å²) in [7, 11) is 2.40. The normalized spacial score (nSPS) is 25.6. The van der Waals surface area contributed by atoms with Crippen LogP contribution in [-0.4, -0.2) is 49.6 Å². The highest BCUT2D eigenvalue weighted by Gasteiger charge is 2.66. The van der Waals surface area contributed by atoms with Crippen LogP contribution in [0.4, 0.5) is 32.0 Å². The van der Waals surface area contributed by atoms with Gasteiger partial charge in [-0.1, -0.05) is 13.0 Å². The highest BCUT2D eigenvalue weighted by Crippen LogP contribution is 2.55. The van der Waals surface area contributed by atoms with E-state index in [9.17, 15) is 31.1 Å². The standard InChI is InChI=1S/C24H27F6N3O4/c1-11-17(12-6-7-13(25)18(27)19(12)36-5)20(37-23(11,3)24(28,29)30)21(34)33-15-8-16(32-9-14(15)26)22(2,31)10-35-4/h6-9,11,17,20H,10,31H2,1-5H3,(H,32,33,34)/t11-,17-,20+,22-,23+/m0/s1. The number of pyridine rings is 1. The molecule has 1 aliphatic rings. The number of hydrogen-bond donors (Lipinski definition) is 2. The van der Waals surface area contributed by atoms with Crippen molar-refractivity contribution in [2.45, 2.75) is 50.1 Å². The molecule has 1 saturated heterocycles. The van der Waals surface area contributed by atoms with Crippen molar-refractivity contribution in [2.24, 2.45) is 11.7 Å². The van der Waals surface area contributed by atoms with Gasteiger partial charge in [-0.05, 0) is 26.0 Å². The molecule has 3 rings (SSSR count). The first kappa shape index (κ1) is 28.7. The Labute approximate surface area is 209 Å². The molecular weight excluding hydrogens is 508 g/mol. The molecular formula is C24H27F6N3O4. The quantitative estimate of drug-likeness (QED) is 0.511. The van der Waals surface area contributed by atoms with Gasteiger partial charge < -0.3 is 25.3 Å². The Morgan fingerprint density at radius 3 is 2.43 bits per heavy atom. The maximum Gasteiger partial charge on any atom is 0.417 e. The maximum absolute atomic E-state index is 14.6. The van der Waals surface area contributed by atoms with Crippen LogP contribution in [0, 0.1) is 23.4 Å². The van der Waals surface area contributed by atoms with Crippen LogP contribution in [0.15, 0.2) is 24.4 Å². The Balaban J connectivity index is 2.08. The van der Waals surface area contributed by atoms with Crippen LogP contribution in [0.3, 0.4) is 0 Å². The molecule has 204 valence electrons. The van der Waals surface area contributed by atoms with Gasteiger partial charge in [0.1, 0.15) is 6.10 Å². The van der Waals surface area contributed by atoms with E-state index in [0.29, 0.717) is 6.07 Å². The van der Waals surface area contributed by atoms with E-state index in [-0.39, 0.29) is 17.9 Å². The number of methoxy groups -OCH3 is 2. The number of hydrogen-bond acceptors (Lipinski definition) is 6. The lowest BCUT2D eigenvalue weighted by Crippen LogP contribution is -2.47. The number of rotatable bonds is 7. The van der Waals surface area contributed by atoms with Gasteiger partial charge in [0.05, 0.1) is 36.8 Å². The molecule has 0 bridgehead atoms. The van der Waals surface area contributed by atoms with E-state index in [0.717, 1.165) is 32.4 Å². The molecule has 37 heavy (non-hydrogen) atoms. The summed E-state index contributed by atoms with van der Waals surface area (Å²) in [6.07, 6.45) is -6.04. The number of halogens is 6. The van der Waals surface area contributed by atoms with Gasteiger partial charge in [0.15, 0.2) is 23.0 Å². The molecule has 1 amide bonds. The van der Waals surface area contributed by atoms with Crippen LogP contribution < -0.4 is 15.8 Å². The monoisotopic (exact) mass is 535 g/mol. The van der Waals surface area contributed by atoms with E-state index >= 15 is 0 Å². The molecule has 2 aromatic rings. The summed E-state index contributed by atoms with van der Waals surface area (Å²) in [4.78, 5) is 17.2. The Kier molecular flexibility index (Phi) is 7.83. The van der Waals surface area contributed by atoms with Crippen LogP contribution in [-0.2, 0) is 19.8 Å². The molecule has 1 aromatic heterocycles. The maximum atomic E-state index is 14.6. The van der Waals surface area contributed by atoms with Crippen molar-refractivity contribution in [3.05, 3.63) is 53.1 Å². The van der Waals surface area contributed by atoms with Gasteiger partial charge in [0.25, 0.3) is 5.91 Å². The number of nitrogens with one attached hydrogen (secondary N) is 1. The van der Waals surface area contributed by atoms with Gasteiger partial charge in [-0.15, -0.1) is 0 Å². The van der Waals surface area contributed by atoms with Gasteiger partial charge in [0.2, 0.25) is 5.82 Å². The summed E-state index contributed by atoms with van der Waals surface area (Å²) in [6, 6.07) is 2.87. The Morgan fingerprint density at radius 1 is 1.22 bits per heavy atom. The first-order chi connectivity index (χ1) is 17.1. The van der Waals surface area contributed by atoms with Crippen molar-refractivity contribution in [2.75, 3.05) is 26.1 Å². The fourth-order valence-corrected chi connectivity index (χ4v) is 4.46. The Hall–Kier alpha value is -2.90. The van der Waals surface area contributed by atoms with Gasteiger partial charge in [-0.2, -0.15) is 17.6 Å². The summed E-state index contributed by atoms with van der Waals surface area (Å²) in [5, 5.41) is 2.23. The highest BCUT2D eigenvalue weighted by atomic mass is 19.4. The Morgan fingerprint density at radius 2 is 1.86 bits per heavy atom. The largest absolute Gasteiger partial charge is 0.493 e. The second-order valence-electron chi connectivity index (χ2n) is 9.33. The highest BCUT2D eigenvalue weighted by molar-refractivity contribution is 5.95. The minimum absolute atomic E-state index is 0.00972. The number of nitrogens with two attached hydrogens (primary N) is 1. The van der Waals surface area contributed by atoms with Crippen molar-refractivity contribution >= 4 is 11.6 Å². The number of amides is 1. The zero-order valence-electron chi connectivity index (χ0n) is 20.7. The average molecular weight is 535 g/mol. The molecule has 0 unspecified atom stereocenters. The zero-order chi connectivity index (χ0) is 27.9. The van der Waals surface area contributed by atoms with Crippen molar-refractivity contribution in [1.29, 1.82) is 0 Å². The van der Waals surface area contributed by atoms with Crippen LogP contribution in [0.2, 0.25) is 0 Å². The van der Waals surface area contributed by atoms with Gasteiger partial charge in [0, 0.05) is 24.5 Å². The summed E-state index contributed by atoms with van der Waals surface area (Å²) in [5.74, 6) is -8.45. The fourth-order valence-electron chi connectivity index (χ4n) is 4.46. The zero-order valence-corrected chi connectivity index (χ0v) is 20.7. The number of ether oxygens (including phenoxy) is 3. The summed E-state index contributed by atoms with van der Waals surface area (Å²) < 4.78 is 100. The molecule has 1 aromatic carbocycles. The summed E-state index contributed by atoms with van der Waals surface area (Å²) >= 11 is 0. The summed E-state index contributed by atoms with van der Waals surface area (Å²) in [5.41, 5.74) is 1.58. The molecule has 1 aliphatic heterocycles. The molecule has 7 nitrogen and oxygen atoms in total. The van der Waals surface area contributed by atoms with E-state index in [1.807, 2.05) is 0 Å². The molecule has 2 heterocycles. The molecule has 1 fully saturated rings. The fraction of sp³-hybridized carbons (Fsp3) is 0.500. The van der Waals surface area contributed by atoms with Crippen molar-refractivity contribution in [3.8, 4) is 5.75 Å². The predicted molar refractivity (Wildman–Crippen MR) is 120 cm³/mol. The number of benzene rings is 1. The smallest absolute Gasteiger partial charge is 0.417 e.